The maximum absolute atomic E-state index is 8.88. The number of benzene rings is 8. The van der Waals surface area contributed by atoms with Crippen molar-refractivity contribution in [3.8, 4) is 89.5 Å². The fourth-order valence-electron chi connectivity index (χ4n) is 14.9. The second kappa shape index (κ2) is 38.3. The highest BCUT2D eigenvalue weighted by Gasteiger charge is 2.25. The van der Waals surface area contributed by atoms with Crippen LogP contribution >= 0.6 is 0 Å². The third-order valence-electron chi connectivity index (χ3n) is 20.1. The molecule has 0 aliphatic heterocycles. The van der Waals surface area contributed by atoms with Crippen molar-refractivity contribution >= 4 is 0 Å². The molecule has 0 bridgehead atoms. The molecule has 4 aromatic heterocycles. The molecule has 4 heteroatoms. The molecule has 0 aliphatic carbocycles. The van der Waals surface area contributed by atoms with Gasteiger partial charge in [0.05, 0.1) is 0 Å². The summed E-state index contributed by atoms with van der Waals surface area (Å²) in [6.45, 7) is 32.1. The van der Waals surface area contributed by atoms with Crippen LogP contribution in [0.3, 0.4) is 0 Å². The minimum atomic E-state index is -2.48. The monoisotopic (exact) mass is 1480 g/mol. The third kappa shape index (κ3) is 21.9. The van der Waals surface area contributed by atoms with Crippen LogP contribution in [0.25, 0.3) is 89.5 Å². The smallest absolute Gasteiger partial charge is 0.201 e. The van der Waals surface area contributed by atoms with Crippen molar-refractivity contribution in [3.63, 3.8) is 0 Å². The number of pyridine rings is 4. The zero-order chi connectivity index (χ0) is 92.8. The number of nitrogens with zero attached hydrogens (tertiary/aromatic N) is 4. The number of aromatic nitrogens is 4. The number of aryl methyl sites for hydroxylation is 14. The van der Waals surface area contributed by atoms with Gasteiger partial charge in [-0.05, 0) is 278 Å². The molecule has 0 N–H and O–H groups in total. The van der Waals surface area contributed by atoms with Crippen LogP contribution in [0.5, 0.6) is 0 Å². The van der Waals surface area contributed by atoms with Crippen molar-refractivity contribution in [2.45, 2.75) is 190 Å². The van der Waals surface area contributed by atoms with E-state index < -0.39 is 45.6 Å². The van der Waals surface area contributed by atoms with E-state index >= 15 is 0 Å². The predicted octanol–water partition coefficient (Wildman–Crippen LogP) is 25.7. The minimum absolute atomic E-state index is 0.0301. The van der Waals surface area contributed by atoms with E-state index in [1.54, 1.807) is 83.6 Å². The second-order valence-electron chi connectivity index (χ2n) is 32.5. The molecule has 0 aliphatic rings. The van der Waals surface area contributed by atoms with Crippen LogP contribution in [-0.2, 0) is 66.6 Å². The van der Waals surface area contributed by atoms with Crippen molar-refractivity contribution in [1.82, 2.24) is 0 Å². The molecular weight excluding hydrogens is 1330 g/mol. The minimum Gasteiger partial charge on any atom is -0.201 e. The first kappa shape index (κ1) is 65.1. The lowest BCUT2D eigenvalue weighted by molar-refractivity contribution is -0.661. The van der Waals surface area contributed by atoms with Crippen LogP contribution in [0.15, 0.2) is 219 Å². The Morgan fingerprint density at radius 2 is 0.491 bits per heavy atom. The standard InChI is InChI=1S/2C28H36N.2C25H30N/c2*1-19(2)13-24-16-28(29(7)18-25(24)14-20(3)4)27-17-26(21(5)15-22(27)6)23-11-9-8-10-12-23;2*1-17(2)12-22-14-25(26(6)16-20(22)5)24-15-23(18(3)13-19(24)4)21-10-8-7-9-11-21/h2*8-12,15-20H,13-14H2,1-7H3;2*7-11,13-17H,12H2,1-6H3/q4*+1/i5D3,13D2,14D2;;3D3,5D3,12D2;. The molecule has 8 aromatic carbocycles. The first-order valence-electron chi connectivity index (χ1n) is 47.0. The normalized spacial score (nSPS) is 14.1. The topological polar surface area (TPSA) is 15.5 Å². The Morgan fingerprint density at radius 3 is 0.836 bits per heavy atom. The lowest BCUT2D eigenvalue weighted by atomic mass is 9.90. The molecule has 0 unspecified atom stereocenters. The summed E-state index contributed by atoms with van der Waals surface area (Å²) in [6, 6.07) is 64.7. The van der Waals surface area contributed by atoms with Gasteiger partial charge in [-0.3, -0.25) is 0 Å². The Balaban J connectivity index is 0.000000190. The maximum Gasteiger partial charge on any atom is 0.212 e. The van der Waals surface area contributed by atoms with E-state index in [0.29, 0.717) is 62.5 Å². The van der Waals surface area contributed by atoms with Crippen LogP contribution in [0.1, 0.15) is 193 Å². The molecule has 0 fully saturated rings. The van der Waals surface area contributed by atoms with Crippen molar-refractivity contribution in [3.05, 3.63) is 308 Å². The Bertz CT molecular complexity index is 5760. The van der Waals surface area contributed by atoms with Gasteiger partial charge in [0.15, 0.2) is 24.8 Å². The molecule has 12 rings (SSSR count). The van der Waals surface area contributed by atoms with Gasteiger partial charge in [0.2, 0.25) is 22.8 Å². The van der Waals surface area contributed by atoms with Crippen molar-refractivity contribution in [2.75, 3.05) is 0 Å². The first-order valence-corrected chi connectivity index (χ1v) is 39.5. The summed E-state index contributed by atoms with van der Waals surface area (Å²) in [4.78, 5) is 0. The Kier molecular flexibility index (Phi) is 22.7. The van der Waals surface area contributed by atoms with Gasteiger partial charge in [-0.25, -0.2) is 18.3 Å². The van der Waals surface area contributed by atoms with Gasteiger partial charge in [0.1, 0.15) is 28.2 Å². The summed E-state index contributed by atoms with van der Waals surface area (Å²) in [7, 11) is 7.89. The summed E-state index contributed by atoms with van der Waals surface area (Å²) < 4.78 is 133. The molecule has 12 aromatic rings. The number of hydrogen-bond donors (Lipinski definition) is 0. The molecular formula is C106H132N4+4. The number of hydrogen-bond acceptors (Lipinski definition) is 0. The van der Waals surface area contributed by atoms with Gasteiger partial charge in [0, 0.05) is 89.3 Å². The highest BCUT2D eigenvalue weighted by atomic mass is 14.9. The van der Waals surface area contributed by atoms with Gasteiger partial charge in [0.25, 0.3) is 0 Å². The van der Waals surface area contributed by atoms with Crippen LogP contribution < -0.4 is 18.3 Å². The summed E-state index contributed by atoms with van der Waals surface area (Å²) in [5, 5.41) is 0. The van der Waals surface area contributed by atoms with Crippen molar-refractivity contribution in [2.24, 2.45) is 63.7 Å². The SMILES string of the molecule is Cc1c[n+](C)c(-c2cc(-c3ccccc3)c(C)cc2C)cc1CC(C)C.Cc1cc(C)c(-c2cc(CC(C)C)c(CC(C)C)c[n+]2C)cc1-c1ccccc1.[2H]C([2H])([2H])c1cc(C)c(-c2cc(C([2H])([2H])C(C)C)c(C([2H])([2H])C(C)C)c[n+]2C)cc1-c1ccccc1.[2H]C([2H])([2H])c1cc(C)c(-c2cc(C([2H])([2H])C(C)C)c(C([2H])([2H])[2H])c[n+]2C)cc1-c1ccccc1. The van der Waals surface area contributed by atoms with Gasteiger partial charge >= 0.3 is 0 Å². The fraction of sp³-hybridized carbons (Fsp3) is 0.358. The average molecular weight is 1480 g/mol. The van der Waals surface area contributed by atoms with E-state index in [2.05, 4.69) is 209 Å². The summed E-state index contributed by atoms with van der Waals surface area (Å²) in [6.07, 6.45) is 5.82. The molecule has 0 saturated heterocycles. The molecule has 110 heavy (non-hydrogen) atoms. The highest BCUT2D eigenvalue weighted by molar-refractivity contribution is 5.80. The predicted molar refractivity (Wildman–Crippen MR) is 473 cm³/mol. The molecule has 0 spiro atoms. The highest BCUT2D eigenvalue weighted by Crippen LogP contribution is 2.38. The zero-order valence-electron chi connectivity index (χ0n) is 85.2. The second-order valence-corrected chi connectivity index (χ2v) is 32.5. The van der Waals surface area contributed by atoms with Crippen molar-refractivity contribution < 1.29 is 38.8 Å². The maximum atomic E-state index is 8.88. The van der Waals surface area contributed by atoms with E-state index in [9.17, 15) is 0 Å². The fourth-order valence-corrected chi connectivity index (χ4v) is 14.9. The Labute approximate surface area is 687 Å². The molecule has 0 radical (unpaired) electrons. The lowest BCUT2D eigenvalue weighted by Crippen LogP contribution is -2.32. The van der Waals surface area contributed by atoms with E-state index in [-0.39, 0.29) is 34.1 Å². The Hall–Kier alpha value is -9.64. The van der Waals surface area contributed by atoms with Gasteiger partial charge in [-0.15, -0.1) is 0 Å². The quantitative estimate of drug-likeness (QED) is 0.0676. The molecule has 0 amide bonds. The summed E-state index contributed by atoms with van der Waals surface area (Å²) in [5.41, 5.74) is 29.8. The van der Waals surface area contributed by atoms with Crippen molar-refractivity contribution in [1.29, 1.82) is 0 Å². The van der Waals surface area contributed by atoms with Crippen LogP contribution in [0.2, 0.25) is 0 Å². The Morgan fingerprint density at radius 1 is 0.236 bits per heavy atom. The number of rotatable bonds is 20. The van der Waals surface area contributed by atoms with Gasteiger partial charge < -0.3 is 0 Å². The molecule has 0 saturated carbocycles. The van der Waals surface area contributed by atoms with E-state index in [1.165, 1.54) is 95.5 Å². The average Bonchev–Trinajstić information content (AvgIpc) is 0.748. The molecule has 4 heterocycles. The third-order valence-corrected chi connectivity index (χ3v) is 20.1. The summed E-state index contributed by atoms with van der Waals surface area (Å²) >= 11 is 0. The van der Waals surface area contributed by atoms with E-state index in [4.69, 9.17) is 20.6 Å². The van der Waals surface area contributed by atoms with E-state index in [0.717, 1.165) is 41.5 Å². The summed E-state index contributed by atoms with van der Waals surface area (Å²) in [5.74, 6) is 0.799. The van der Waals surface area contributed by atoms with Crippen LogP contribution in [0, 0.1) is 105 Å². The van der Waals surface area contributed by atoms with Crippen LogP contribution in [-0.4, -0.2) is 0 Å². The molecule has 4 nitrogen and oxygen atoms in total. The zero-order valence-corrected chi connectivity index (χ0v) is 70.2. The van der Waals surface area contributed by atoms with Gasteiger partial charge in [-0.1, -0.05) is 229 Å². The largest absolute Gasteiger partial charge is 0.212 e. The van der Waals surface area contributed by atoms with E-state index in [1.807, 2.05) is 98.3 Å². The first-order chi connectivity index (χ1) is 58.2. The lowest BCUT2D eigenvalue weighted by Gasteiger charge is -2.16. The molecule has 0 atom stereocenters. The van der Waals surface area contributed by atoms with Crippen LogP contribution in [0.4, 0.5) is 0 Å². The molecule has 572 valence electrons. The van der Waals surface area contributed by atoms with Gasteiger partial charge in [-0.2, -0.15) is 0 Å².